The standard InChI is InChI=1S/C26H27NO5/c1-18-30-25(31-18)14-13-24-22(21-11-5-6-12-23(21)32-24)16-20-10-7-15-27(20)26(28)29-17-19-8-3-2-4-9-19/h2-6,8-9,11-14,18,20,25H,7,10,15-17H2,1H3/b14-13+/t18?,20-,25?/m0/s1. The minimum Gasteiger partial charge on any atom is -0.456 e. The maximum absolute atomic E-state index is 12.8. The van der Waals surface area contributed by atoms with E-state index in [1.807, 2.05) is 72.5 Å². The molecule has 2 aromatic carbocycles. The van der Waals surface area contributed by atoms with Gasteiger partial charge >= 0.3 is 6.09 Å². The third kappa shape index (κ3) is 4.42. The minimum atomic E-state index is -0.345. The van der Waals surface area contributed by atoms with Gasteiger partial charge in [0, 0.05) is 23.5 Å². The van der Waals surface area contributed by atoms with Crippen LogP contribution in [-0.2, 0) is 27.2 Å². The smallest absolute Gasteiger partial charge is 0.410 e. The van der Waals surface area contributed by atoms with Crippen molar-refractivity contribution < 1.29 is 23.4 Å². The Morgan fingerprint density at radius 1 is 1.12 bits per heavy atom. The fourth-order valence-electron chi connectivity index (χ4n) is 4.43. The number of carbonyl (C=O) groups is 1. The first-order valence-corrected chi connectivity index (χ1v) is 11.1. The van der Waals surface area contributed by atoms with Crippen LogP contribution in [0.2, 0.25) is 0 Å². The van der Waals surface area contributed by atoms with Crippen LogP contribution in [0, 0.1) is 0 Å². The van der Waals surface area contributed by atoms with Crippen LogP contribution in [0.5, 0.6) is 0 Å². The van der Waals surface area contributed by atoms with E-state index < -0.39 is 0 Å². The Hall–Kier alpha value is -3.09. The zero-order chi connectivity index (χ0) is 21.9. The van der Waals surface area contributed by atoms with Gasteiger partial charge in [0.1, 0.15) is 18.0 Å². The highest BCUT2D eigenvalue weighted by Crippen LogP contribution is 2.32. The molecule has 166 valence electrons. The van der Waals surface area contributed by atoms with Crippen molar-refractivity contribution in [2.45, 2.75) is 51.4 Å². The van der Waals surface area contributed by atoms with E-state index in [9.17, 15) is 4.79 Å². The summed E-state index contributed by atoms with van der Waals surface area (Å²) >= 11 is 0. The van der Waals surface area contributed by atoms with Crippen molar-refractivity contribution in [3.05, 3.63) is 77.6 Å². The number of ether oxygens (including phenoxy) is 3. The minimum absolute atomic E-state index is 0.0719. The molecule has 1 amide bonds. The molecule has 2 saturated heterocycles. The Balaban J connectivity index is 1.32. The lowest BCUT2D eigenvalue weighted by Crippen LogP contribution is -2.37. The molecule has 2 fully saturated rings. The van der Waals surface area contributed by atoms with E-state index in [-0.39, 0.29) is 31.3 Å². The summed E-state index contributed by atoms with van der Waals surface area (Å²) in [6, 6.07) is 17.8. The maximum atomic E-state index is 12.8. The summed E-state index contributed by atoms with van der Waals surface area (Å²) in [6.07, 6.45) is 5.62. The van der Waals surface area contributed by atoms with Crippen molar-refractivity contribution in [2.24, 2.45) is 0 Å². The van der Waals surface area contributed by atoms with E-state index in [1.165, 1.54) is 0 Å². The number of likely N-dealkylation sites (tertiary alicyclic amines) is 1. The van der Waals surface area contributed by atoms with Crippen LogP contribution in [0.15, 0.2) is 65.1 Å². The second-order valence-electron chi connectivity index (χ2n) is 8.24. The Morgan fingerprint density at radius 2 is 1.91 bits per heavy atom. The zero-order valence-corrected chi connectivity index (χ0v) is 18.1. The number of carbonyl (C=O) groups excluding carboxylic acids is 1. The fraction of sp³-hybridized carbons (Fsp3) is 0.346. The maximum Gasteiger partial charge on any atom is 0.410 e. The Labute approximate surface area is 187 Å². The van der Waals surface area contributed by atoms with Crippen LogP contribution < -0.4 is 0 Å². The van der Waals surface area contributed by atoms with E-state index in [4.69, 9.17) is 18.6 Å². The highest BCUT2D eigenvalue weighted by molar-refractivity contribution is 5.84. The molecule has 6 nitrogen and oxygen atoms in total. The number of hydrogen-bond acceptors (Lipinski definition) is 5. The summed E-state index contributed by atoms with van der Waals surface area (Å²) < 4.78 is 22.7. The largest absolute Gasteiger partial charge is 0.456 e. The highest BCUT2D eigenvalue weighted by Gasteiger charge is 2.32. The number of furan rings is 1. The van der Waals surface area contributed by atoms with Crippen LogP contribution in [0.3, 0.4) is 0 Å². The third-order valence-electron chi connectivity index (χ3n) is 6.04. The van der Waals surface area contributed by atoms with Gasteiger partial charge in [-0.1, -0.05) is 48.5 Å². The van der Waals surface area contributed by atoms with Gasteiger partial charge in [-0.15, -0.1) is 0 Å². The molecule has 0 radical (unpaired) electrons. The lowest BCUT2D eigenvalue weighted by molar-refractivity contribution is -0.354. The number of amides is 1. The fourth-order valence-corrected chi connectivity index (χ4v) is 4.43. The molecule has 0 aliphatic carbocycles. The van der Waals surface area contributed by atoms with Crippen LogP contribution in [0.25, 0.3) is 17.0 Å². The normalized spacial score (nSPS) is 23.0. The Bertz CT molecular complexity index is 1100. The lowest BCUT2D eigenvalue weighted by atomic mass is 10.0. The van der Waals surface area contributed by atoms with Crippen LogP contribution in [-0.4, -0.2) is 36.2 Å². The van der Waals surface area contributed by atoms with Crippen molar-refractivity contribution in [2.75, 3.05) is 6.54 Å². The number of rotatable bonds is 6. The van der Waals surface area contributed by atoms with Gasteiger partial charge < -0.3 is 23.5 Å². The molecule has 2 aliphatic rings. The first-order valence-electron chi connectivity index (χ1n) is 11.1. The van der Waals surface area contributed by atoms with Crippen LogP contribution >= 0.6 is 0 Å². The monoisotopic (exact) mass is 433 g/mol. The molecule has 0 bridgehead atoms. The summed E-state index contributed by atoms with van der Waals surface area (Å²) in [7, 11) is 0. The summed E-state index contributed by atoms with van der Waals surface area (Å²) in [5.74, 6) is 0.780. The quantitative estimate of drug-likeness (QED) is 0.513. The van der Waals surface area contributed by atoms with Crippen molar-refractivity contribution in [3.63, 3.8) is 0 Å². The van der Waals surface area contributed by atoms with E-state index in [1.54, 1.807) is 0 Å². The molecule has 0 unspecified atom stereocenters. The SMILES string of the molecule is CC1OC(/C=C/c2oc3ccccc3c2C[C@@H]2CCCN2C(=O)OCc2ccccc2)O1. The predicted octanol–water partition coefficient (Wildman–Crippen LogP) is 5.51. The van der Waals surface area contributed by atoms with Gasteiger partial charge in [-0.3, -0.25) is 0 Å². The van der Waals surface area contributed by atoms with Gasteiger partial charge in [0.05, 0.1) is 0 Å². The van der Waals surface area contributed by atoms with Crippen LogP contribution in [0.4, 0.5) is 4.79 Å². The molecule has 1 aromatic heterocycles. The van der Waals surface area contributed by atoms with E-state index in [0.717, 1.165) is 40.7 Å². The number of hydrogen-bond donors (Lipinski definition) is 0. The number of fused-ring (bicyclic) bond motifs is 1. The second-order valence-corrected chi connectivity index (χ2v) is 8.24. The van der Waals surface area contributed by atoms with Gasteiger partial charge in [-0.05, 0) is 50.0 Å². The van der Waals surface area contributed by atoms with Gasteiger partial charge in [-0.25, -0.2) is 4.79 Å². The molecule has 1 atom stereocenters. The highest BCUT2D eigenvalue weighted by atomic mass is 16.9. The molecular formula is C26H27NO5. The number of nitrogens with zero attached hydrogens (tertiary/aromatic N) is 1. The number of benzene rings is 2. The van der Waals surface area contributed by atoms with Crippen molar-refractivity contribution in [1.82, 2.24) is 4.90 Å². The van der Waals surface area contributed by atoms with Gasteiger partial charge in [-0.2, -0.15) is 0 Å². The molecule has 5 rings (SSSR count). The van der Waals surface area contributed by atoms with Crippen molar-refractivity contribution >= 4 is 23.1 Å². The van der Waals surface area contributed by atoms with Crippen LogP contribution in [0.1, 0.15) is 36.7 Å². The first kappa shape index (κ1) is 20.8. The third-order valence-corrected chi connectivity index (χ3v) is 6.04. The summed E-state index contributed by atoms with van der Waals surface area (Å²) in [5, 5.41) is 1.07. The molecule has 0 saturated carbocycles. The van der Waals surface area contributed by atoms with Gasteiger partial charge in [0.25, 0.3) is 0 Å². The molecule has 2 aliphatic heterocycles. The zero-order valence-electron chi connectivity index (χ0n) is 18.1. The molecule has 0 spiro atoms. The Kier molecular flexibility index (Phi) is 5.97. The van der Waals surface area contributed by atoms with Crippen molar-refractivity contribution in [1.29, 1.82) is 0 Å². The average molecular weight is 434 g/mol. The van der Waals surface area contributed by atoms with Gasteiger partial charge in [0.2, 0.25) is 0 Å². The second kappa shape index (κ2) is 9.18. The molecule has 32 heavy (non-hydrogen) atoms. The molecule has 0 N–H and O–H groups in total. The predicted molar refractivity (Wildman–Crippen MR) is 121 cm³/mol. The summed E-state index contributed by atoms with van der Waals surface area (Å²) in [6.45, 7) is 2.86. The van der Waals surface area contributed by atoms with E-state index in [0.29, 0.717) is 13.0 Å². The average Bonchev–Trinajstić information content (AvgIpc) is 3.40. The van der Waals surface area contributed by atoms with E-state index in [2.05, 4.69) is 6.07 Å². The molecule has 3 aromatic rings. The summed E-state index contributed by atoms with van der Waals surface area (Å²) in [4.78, 5) is 14.7. The van der Waals surface area contributed by atoms with E-state index >= 15 is 0 Å². The first-order chi connectivity index (χ1) is 15.7. The molecular weight excluding hydrogens is 406 g/mol. The topological polar surface area (TPSA) is 61.1 Å². The lowest BCUT2D eigenvalue weighted by Gasteiger charge is -2.31. The van der Waals surface area contributed by atoms with Gasteiger partial charge in [0.15, 0.2) is 12.6 Å². The number of para-hydroxylation sites is 1. The molecule has 6 heteroatoms. The molecule has 3 heterocycles. The van der Waals surface area contributed by atoms with Crippen molar-refractivity contribution in [3.8, 4) is 0 Å². The summed E-state index contributed by atoms with van der Waals surface area (Å²) in [5.41, 5.74) is 2.92. The Morgan fingerprint density at radius 3 is 2.72 bits per heavy atom.